The number of hydrogen-bond donors (Lipinski definition) is 2. The van der Waals surface area contributed by atoms with Crippen LogP contribution in [0.4, 0.5) is 0 Å². The van der Waals surface area contributed by atoms with Gasteiger partial charge in [0, 0.05) is 5.75 Å². The molecule has 0 spiro atoms. The van der Waals surface area contributed by atoms with E-state index in [9.17, 15) is 0 Å². The van der Waals surface area contributed by atoms with Gasteiger partial charge in [-0.25, -0.2) is 0 Å². The van der Waals surface area contributed by atoms with Crippen molar-refractivity contribution >= 4 is 11.8 Å². The summed E-state index contributed by atoms with van der Waals surface area (Å²) < 4.78 is 10.5. The molecule has 0 saturated carbocycles. The minimum atomic E-state index is 0.126. The molecular weight excluding hydrogens is 248 g/mol. The third kappa shape index (κ3) is 4.08. The Hall–Kier alpha value is -0.910. The Morgan fingerprint density at radius 3 is 2.56 bits per heavy atom. The topological polar surface area (TPSA) is 56.5 Å². The molecule has 0 aliphatic heterocycles. The van der Waals surface area contributed by atoms with E-state index in [4.69, 9.17) is 15.3 Å². The van der Waals surface area contributed by atoms with Crippen LogP contribution in [0.3, 0.4) is 0 Å². The zero-order chi connectivity index (χ0) is 13.4. The molecule has 0 aliphatic carbocycles. The molecule has 0 amide bonds. The van der Waals surface area contributed by atoms with Crippen molar-refractivity contribution in [3.63, 3.8) is 0 Å². The minimum absolute atomic E-state index is 0.126. The maximum atomic E-state index is 5.61. The van der Waals surface area contributed by atoms with Crippen LogP contribution in [0, 0.1) is 0 Å². The fourth-order valence-corrected chi connectivity index (χ4v) is 2.64. The summed E-state index contributed by atoms with van der Waals surface area (Å²) in [6.45, 7) is 2.17. The molecule has 102 valence electrons. The van der Waals surface area contributed by atoms with Gasteiger partial charge in [0.1, 0.15) is 0 Å². The fraction of sp³-hybridized carbons (Fsp3) is 0.538. The highest BCUT2D eigenvalue weighted by molar-refractivity contribution is 7.99. The van der Waals surface area contributed by atoms with Crippen LogP contribution in [0.25, 0.3) is 0 Å². The standard InChI is InChI=1S/C13H22N2O2S/c1-4-7-18-9-11(15-14)10-5-6-12(16-2)13(8-10)17-3/h5-6,8,11,15H,4,7,9,14H2,1-3H3. The maximum Gasteiger partial charge on any atom is 0.161 e. The molecule has 18 heavy (non-hydrogen) atoms. The van der Waals surface area contributed by atoms with E-state index >= 15 is 0 Å². The summed E-state index contributed by atoms with van der Waals surface area (Å²) in [6.07, 6.45) is 1.17. The summed E-state index contributed by atoms with van der Waals surface area (Å²) in [6, 6.07) is 6.01. The Labute approximate surface area is 113 Å². The van der Waals surface area contributed by atoms with Crippen LogP contribution in [0.5, 0.6) is 11.5 Å². The van der Waals surface area contributed by atoms with Gasteiger partial charge in [-0.2, -0.15) is 11.8 Å². The molecule has 0 aromatic heterocycles. The van der Waals surface area contributed by atoms with Gasteiger partial charge in [-0.1, -0.05) is 13.0 Å². The number of benzene rings is 1. The van der Waals surface area contributed by atoms with Gasteiger partial charge in [-0.3, -0.25) is 11.3 Å². The fourth-order valence-electron chi connectivity index (χ4n) is 1.66. The van der Waals surface area contributed by atoms with Crippen molar-refractivity contribution in [1.82, 2.24) is 5.43 Å². The number of nitrogens with one attached hydrogen (secondary N) is 1. The number of ether oxygens (including phenoxy) is 2. The van der Waals surface area contributed by atoms with Crippen molar-refractivity contribution < 1.29 is 9.47 Å². The molecule has 1 aromatic rings. The monoisotopic (exact) mass is 270 g/mol. The van der Waals surface area contributed by atoms with Gasteiger partial charge in [0.05, 0.1) is 20.3 Å². The molecule has 0 fully saturated rings. The van der Waals surface area contributed by atoms with Crippen molar-refractivity contribution in [3.05, 3.63) is 23.8 Å². The van der Waals surface area contributed by atoms with E-state index in [1.807, 2.05) is 30.0 Å². The lowest BCUT2D eigenvalue weighted by molar-refractivity contribution is 0.354. The van der Waals surface area contributed by atoms with E-state index in [2.05, 4.69) is 12.3 Å². The second-order valence-electron chi connectivity index (χ2n) is 3.91. The Bertz CT molecular complexity index is 361. The Morgan fingerprint density at radius 1 is 1.28 bits per heavy atom. The summed E-state index contributed by atoms with van der Waals surface area (Å²) >= 11 is 1.89. The molecular formula is C13H22N2O2S. The predicted molar refractivity (Wildman–Crippen MR) is 77.2 cm³/mol. The largest absolute Gasteiger partial charge is 0.493 e. The quantitative estimate of drug-likeness (QED) is 0.431. The van der Waals surface area contributed by atoms with Gasteiger partial charge in [0.25, 0.3) is 0 Å². The zero-order valence-corrected chi connectivity index (χ0v) is 12.0. The third-order valence-electron chi connectivity index (χ3n) is 2.64. The molecule has 5 heteroatoms. The van der Waals surface area contributed by atoms with Crippen LogP contribution in [-0.2, 0) is 0 Å². The third-order valence-corrected chi connectivity index (χ3v) is 3.91. The van der Waals surface area contributed by atoms with E-state index in [1.165, 1.54) is 6.42 Å². The molecule has 0 aliphatic rings. The van der Waals surface area contributed by atoms with Gasteiger partial charge < -0.3 is 9.47 Å². The molecule has 1 aromatic carbocycles. The van der Waals surface area contributed by atoms with Gasteiger partial charge in [-0.05, 0) is 29.9 Å². The first-order valence-corrected chi connectivity index (χ1v) is 7.18. The number of nitrogens with two attached hydrogens (primary N) is 1. The van der Waals surface area contributed by atoms with Crippen molar-refractivity contribution in [2.24, 2.45) is 5.84 Å². The average Bonchev–Trinajstić information content (AvgIpc) is 2.43. The zero-order valence-electron chi connectivity index (χ0n) is 11.2. The van der Waals surface area contributed by atoms with Crippen molar-refractivity contribution in [2.45, 2.75) is 19.4 Å². The Morgan fingerprint density at radius 2 is 2.00 bits per heavy atom. The summed E-state index contributed by atoms with van der Waals surface area (Å²) in [5.74, 6) is 9.17. The number of thioether (sulfide) groups is 1. The van der Waals surface area contributed by atoms with Crippen LogP contribution < -0.4 is 20.7 Å². The van der Waals surface area contributed by atoms with Crippen molar-refractivity contribution in [1.29, 1.82) is 0 Å². The summed E-state index contributed by atoms with van der Waals surface area (Å²) in [4.78, 5) is 0. The lowest BCUT2D eigenvalue weighted by Gasteiger charge is -2.17. The average molecular weight is 270 g/mol. The van der Waals surface area contributed by atoms with Crippen LogP contribution in [0.2, 0.25) is 0 Å². The second kappa shape index (κ2) is 8.24. The smallest absolute Gasteiger partial charge is 0.161 e. The molecule has 0 saturated heterocycles. The van der Waals surface area contributed by atoms with E-state index in [0.717, 1.165) is 28.6 Å². The first kappa shape index (κ1) is 15.1. The number of hydrogen-bond acceptors (Lipinski definition) is 5. The molecule has 1 atom stereocenters. The van der Waals surface area contributed by atoms with Crippen LogP contribution in [0.1, 0.15) is 24.9 Å². The van der Waals surface area contributed by atoms with Gasteiger partial charge in [-0.15, -0.1) is 0 Å². The minimum Gasteiger partial charge on any atom is -0.493 e. The first-order chi connectivity index (χ1) is 8.76. The van der Waals surface area contributed by atoms with Gasteiger partial charge >= 0.3 is 0 Å². The number of methoxy groups -OCH3 is 2. The van der Waals surface area contributed by atoms with Crippen LogP contribution in [-0.4, -0.2) is 25.7 Å². The van der Waals surface area contributed by atoms with E-state index in [1.54, 1.807) is 14.2 Å². The number of hydrazine groups is 1. The SMILES string of the molecule is CCCSCC(NN)c1ccc(OC)c(OC)c1. The Kier molecular flexibility index (Phi) is 6.93. The predicted octanol–water partition coefficient (Wildman–Crippen LogP) is 2.35. The van der Waals surface area contributed by atoms with Crippen molar-refractivity contribution in [2.75, 3.05) is 25.7 Å². The molecule has 0 bridgehead atoms. The lowest BCUT2D eigenvalue weighted by Crippen LogP contribution is -2.29. The molecule has 0 radical (unpaired) electrons. The normalized spacial score (nSPS) is 12.2. The first-order valence-electron chi connectivity index (χ1n) is 6.02. The van der Waals surface area contributed by atoms with E-state index in [-0.39, 0.29) is 6.04 Å². The molecule has 3 N–H and O–H groups in total. The molecule has 0 heterocycles. The number of rotatable bonds is 8. The summed E-state index contributed by atoms with van der Waals surface area (Å²) in [5, 5.41) is 0. The summed E-state index contributed by atoms with van der Waals surface area (Å²) in [7, 11) is 3.27. The van der Waals surface area contributed by atoms with E-state index < -0.39 is 0 Å². The highest BCUT2D eigenvalue weighted by Crippen LogP contribution is 2.30. The van der Waals surface area contributed by atoms with Gasteiger partial charge in [0.15, 0.2) is 11.5 Å². The lowest BCUT2D eigenvalue weighted by atomic mass is 10.1. The molecule has 1 unspecified atom stereocenters. The molecule has 4 nitrogen and oxygen atoms in total. The van der Waals surface area contributed by atoms with Gasteiger partial charge in [0.2, 0.25) is 0 Å². The Balaban J connectivity index is 2.79. The van der Waals surface area contributed by atoms with Crippen LogP contribution >= 0.6 is 11.8 Å². The maximum absolute atomic E-state index is 5.61. The van der Waals surface area contributed by atoms with Crippen molar-refractivity contribution in [3.8, 4) is 11.5 Å². The summed E-state index contributed by atoms with van der Waals surface area (Å²) in [5.41, 5.74) is 3.96. The highest BCUT2D eigenvalue weighted by atomic mass is 32.2. The highest BCUT2D eigenvalue weighted by Gasteiger charge is 2.12. The molecule has 1 rings (SSSR count). The second-order valence-corrected chi connectivity index (χ2v) is 5.06. The van der Waals surface area contributed by atoms with E-state index in [0.29, 0.717) is 0 Å². The van der Waals surface area contributed by atoms with Crippen LogP contribution in [0.15, 0.2) is 18.2 Å².